The first-order chi connectivity index (χ1) is 27.1. The fourth-order valence-corrected chi connectivity index (χ4v) is 9.73. The van der Waals surface area contributed by atoms with Crippen LogP contribution in [0.1, 0.15) is 74.3 Å². The minimum atomic E-state index is -1.36. The molecule has 1 saturated carbocycles. The van der Waals surface area contributed by atoms with E-state index in [0.29, 0.717) is 18.0 Å². The van der Waals surface area contributed by atoms with E-state index in [1.165, 1.54) is 44.1 Å². The summed E-state index contributed by atoms with van der Waals surface area (Å²) in [6.07, 6.45) is 14.2. The van der Waals surface area contributed by atoms with E-state index in [9.17, 15) is 0 Å². The number of fused-ring (bicyclic) bond motifs is 4. The summed E-state index contributed by atoms with van der Waals surface area (Å²) < 4.78 is 8.30. The second kappa shape index (κ2) is 17.4. The Labute approximate surface area is 351 Å². The van der Waals surface area contributed by atoms with Crippen LogP contribution in [-0.4, -0.2) is 32.6 Å². The first-order valence-corrected chi connectivity index (χ1v) is 23.7. The molecule has 1 fully saturated rings. The molecule has 57 heavy (non-hydrogen) atoms. The van der Waals surface area contributed by atoms with Gasteiger partial charge in [0.2, 0.25) is 0 Å². The van der Waals surface area contributed by atoms with Crippen LogP contribution in [0, 0.1) is 25.0 Å². The van der Waals surface area contributed by atoms with Crippen molar-refractivity contribution in [2.75, 3.05) is 0 Å². The molecule has 8 aromatic rings. The van der Waals surface area contributed by atoms with Crippen LogP contribution in [0.25, 0.3) is 55.7 Å². The number of pyridine rings is 3. The van der Waals surface area contributed by atoms with Gasteiger partial charge in [0.1, 0.15) is 5.58 Å². The van der Waals surface area contributed by atoms with E-state index in [0.717, 1.165) is 67.3 Å². The second-order valence-electron chi connectivity index (χ2n) is 16.7. The van der Waals surface area contributed by atoms with Crippen LogP contribution in [0.4, 0.5) is 0 Å². The largest absolute Gasteiger partial charge is 0.475 e. The molecule has 0 aliphatic heterocycles. The smallest absolute Gasteiger partial charge is 0.125 e. The molecule has 0 saturated heterocycles. The molecule has 8 heteroatoms. The number of nitrogens with zero attached hydrogens (tertiary/aromatic N) is 5. The molecule has 1 radical (unpaired) electrons. The van der Waals surface area contributed by atoms with Gasteiger partial charge in [0.05, 0.1) is 36.7 Å². The minimum absolute atomic E-state index is 0. The topological polar surface area (TPSA) is 69.6 Å². The monoisotopic (exact) mass is 946 g/mol. The van der Waals surface area contributed by atoms with Gasteiger partial charge in [0.25, 0.3) is 0 Å². The Bertz CT molecular complexity index is 2600. The van der Waals surface area contributed by atoms with Gasteiger partial charge in [-0.3, -0.25) is 9.97 Å². The molecule has 0 bridgehead atoms. The standard InChI is InChI=1S/C28H23N4O.C21H28NSi.Ir/c1-17(2)21-13-22-23(15-29-21)32(16-19-9-5-4-6-10-19)28(31-22)20-12-25-27(30-14-20)26-18(3)8-7-11-24(26)33-25;1-23(2,3)21-16-22-20(18-12-8-5-9-13-18)15-19(21)14-17-10-6-4-7-11-17;/h4-11,13-15,17H,16H2,1-3H3;5,8-9,12,15-17H,4,6-7,10-11,14H2,1-3H3;/q2*-1;. The first-order valence-electron chi connectivity index (χ1n) is 20.2. The van der Waals surface area contributed by atoms with Gasteiger partial charge in [-0.25, -0.2) is 0 Å². The SMILES string of the molecule is C[Si](C)(C)c1cnc(-c2[c-]cccc2)cc1CC1CCCCC1.Cc1cccc2oc3[c-]c(-c4nc5cc(C(C)C)ncc5n4Cc4ccccc4)cnc3c12.[Ir]. The van der Waals surface area contributed by atoms with Gasteiger partial charge in [-0.05, 0) is 59.3 Å². The molecule has 0 amide bonds. The molecular weight excluding hydrogens is 895 g/mol. The average molecular weight is 946 g/mol. The summed E-state index contributed by atoms with van der Waals surface area (Å²) in [5.41, 5.74) is 12.1. The van der Waals surface area contributed by atoms with E-state index in [1.807, 2.05) is 42.7 Å². The summed E-state index contributed by atoms with van der Waals surface area (Å²) >= 11 is 0. The van der Waals surface area contributed by atoms with Crippen LogP contribution in [0.15, 0.2) is 108 Å². The van der Waals surface area contributed by atoms with Crippen molar-refractivity contribution in [1.29, 1.82) is 0 Å². The fraction of sp³-hybridized carbons (Fsp3) is 0.306. The maximum absolute atomic E-state index is 6.11. The van der Waals surface area contributed by atoms with E-state index in [-0.39, 0.29) is 20.1 Å². The Kier molecular flexibility index (Phi) is 12.3. The maximum atomic E-state index is 6.11. The van der Waals surface area contributed by atoms with Crippen molar-refractivity contribution < 1.29 is 24.5 Å². The van der Waals surface area contributed by atoms with Crippen molar-refractivity contribution in [3.63, 3.8) is 0 Å². The predicted octanol–water partition coefficient (Wildman–Crippen LogP) is 11.9. The van der Waals surface area contributed by atoms with Gasteiger partial charge >= 0.3 is 0 Å². The maximum Gasteiger partial charge on any atom is 0.125 e. The number of imidazole rings is 1. The third-order valence-electron chi connectivity index (χ3n) is 11.2. The van der Waals surface area contributed by atoms with E-state index < -0.39 is 8.07 Å². The molecule has 6 nitrogen and oxygen atoms in total. The number of rotatable bonds is 8. The van der Waals surface area contributed by atoms with Gasteiger partial charge < -0.3 is 19.0 Å². The Balaban J connectivity index is 0.000000183. The van der Waals surface area contributed by atoms with Crippen LogP contribution in [0.5, 0.6) is 0 Å². The van der Waals surface area contributed by atoms with Crippen LogP contribution in [0.3, 0.4) is 0 Å². The van der Waals surface area contributed by atoms with Crippen molar-refractivity contribution >= 4 is 46.4 Å². The zero-order chi connectivity index (χ0) is 38.8. The van der Waals surface area contributed by atoms with E-state index in [2.05, 4.69) is 118 Å². The zero-order valence-corrected chi connectivity index (χ0v) is 37.3. The number of aromatic nitrogens is 5. The zero-order valence-electron chi connectivity index (χ0n) is 33.9. The van der Waals surface area contributed by atoms with E-state index in [4.69, 9.17) is 24.4 Å². The number of hydrogen-bond acceptors (Lipinski definition) is 5. The van der Waals surface area contributed by atoms with Crippen LogP contribution >= 0.6 is 0 Å². The van der Waals surface area contributed by atoms with Crippen molar-refractivity contribution in [1.82, 2.24) is 24.5 Å². The predicted molar refractivity (Wildman–Crippen MR) is 233 cm³/mol. The molecule has 1 aliphatic carbocycles. The third kappa shape index (κ3) is 8.89. The summed E-state index contributed by atoms with van der Waals surface area (Å²) in [5.74, 6) is 2.01. The molecule has 0 N–H and O–H groups in total. The van der Waals surface area contributed by atoms with Crippen molar-refractivity contribution in [2.24, 2.45) is 5.92 Å². The fourth-order valence-electron chi connectivity index (χ4n) is 8.14. The van der Waals surface area contributed by atoms with Gasteiger partial charge in [-0.15, -0.1) is 35.9 Å². The molecular formula is C49H51IrN5OSi-2. The molecule has 5 heterocycles. The second-order valence-corrected chi connectivity index (χ2v) is 21.8. The van der Waals surface area contributed by atoms with Gasteiger partial charge in [-0.1, -0.05) is 138 Å². The summed E-state index contributed by atoms with van der Waals surface area (Å²) in [6.45, 7) is 14.3. The van der Waals surface area contributed by atoms with Crippen LogP contribution in [-0.2, 0) is 33.1 Å². The van der Waals surface area contributed by atoms with Gasteiger partial charge in [-0.2, -0.15) is 0 Å². The molecule has 1 aliphatic rings. The molecule has 3 aromatic carbocycles. The number of aryl methyl sites for hydroxylation is 1. The normalized spacial score (nSPS) is 13.5. The van der Waals surface area contributed by atoms with Gasteiger partial charge in [0.15, 0.2) is 0 Å². The quantitative estimate of drug-likeness (QED) is 0.112. The summed E-state index contributed by atoms with van der Waals surface area (Å²) in [7, 11) is -1.36. The van der Waals surface area contributed by atoms with E-state index >= 15 is 0 Å². The van der Waals surface area contributed by atoms with Crippen molar-refractivity contribution in [3.05, 3.63) is 138 Å². The Hall–Kier alpha value is -4.75. The first kappa shape index (κ1) is 40.4. The molecule has 0 unspecified atom stereocenters. The number of hydrogen-bond donors (Lipinski definition) is 0. The van der Waals surface area contributed by atoms with E-state index in [1.54, 1.807) is 10.8 Å². The third-order valence-corrected chi connectivity index (χ3v) is 13.2. The average Bonchev–Trinajstić information content (AvgIpc) is 3.77. The molecule has 293 valence electrons. The van der Waals surface area contributed by atoms with Crippen molar-refractivity contribution in [3.8, 4) is 22.6 Å². The number of benzene rings is 3. The van der Waals surface area contributed by atoms with Gasteiger partial charge in [0, 0.05) is 49.4 Å². The number of furan rings is 1. The summed E-state index contributed by atoms with van der Waals surface area (Å²) in [6, 6.07) is 35.8. The minimum Gasteiger partial charge on any atom is -0.475 e. The molecule has 0 atom stereocenters. The Morgan fingerprint density at radius 2 is 1.63 bits per heavy atom. The summed E-state index contributed by atoms with van der Waals surface area (Å²) in [4.78, 5) is 19.3. The van der Waals surface area contributed by atoms with Crippen LogP contribution < -0.4 is 5.19 Å². The van der Waals surface area contributed by atoms with Crippen LogP contribution in [0.2, 0.25) is 19.6 Å². The summed E-state index contributed by atoms with van der Waals surface area (Å²) in [5, 5.41) is 2.58. The molecule has 5 aromatic heterocycles. The molecule has 9 rings (SSSR count). The molecule has 0 spiro atoms. The van der Waals surface area contributed by atoms with Crippen molar-refractivity contribution in [2.45, 2.75) is 91.4 Å². The Morgan fingerprint density at radius 3 is 2.37 bits per heavy atom. The Morgan fingerprint density at radius 1 is 0.842 bits per heavy atom.